The molecule has 13 heavy (non-hydrogen) atoms. The van der Waals surface area contributed by atoms with Gasteiger partial charge in [0, 0.05) is 5.56 Å². The second kappa shape index (κ2) is 3.24. The van der Waals surface area contributed by atoms with Crippen molar-refractivity contribution < 1.29 is 4.74 Å². The molecule has 1 rings (SSSR count). The van der Waals surface area contributed by atoms with Crippen LogP contribution in [0.4, 0.5) is 0 Å². The molecule has 1 heterocycles. The van der Waals surface area contributed by atoms with Crippen LogP contribution >= 0.6 is 0 Å². The van der Waals surface area contributed by atoms with E-state index in [1.165, 1.54) is 7.11 Å². The lowest BCUT2D eigenvalue weighted by Gasteiger charge is -2.17. The first kappa shape index (κ1) is 9.84. The number of rotatable bonds is 1. The van der Waals surface area contributed by atoms with Gasteiger partial charge in [0.1, 0.15) is 0 Å². The Morgan fingerprint density at radius 1 is 1.31 bits per heavy atom. The van der Waals surface area contributed by atoms with Crippen LogP contribution in [0.15, 0.2) is 16.9 Å². The van der Waals surface area contributed by atoms with E-state index in [0.29, 0.717) is 5.88 Å². The third kappa shape index (κ3) is 2.11. The van der Waals surface area contributed by atoms with Gasteiger partial charge in [-0.3, -0.25) is 9.78 Å². The summed E-state index contributed by atoms with van der Waals surface area (Å²) in [5, 5.41) is 0. The average molecular weight is 181 g/mol. The van der Waals surface area contributed by atoms with Crippen LogP contribution in [0.2, 0.25) is 0 Å². The Morgan fingerprint density at radius 2 is 1.92 bits per heavy atom. The number of hydrogen-bond donors (Lipinski definition) is 1. The van der Waals surface area contributed by atoms with Crippen LogP contribution < -0.4 is 10.3 Å². The maximum atomic E-state index is 11.5. The van der Waals surface area contributed by atoms with E-state index >= 15 is 0 Å². The first-order valence-corrected chi connectivity index (χ1v) is 4.23. The molecule has 0 unspecified atom stereocenters. The molecular weight excluding hydrogens is 166 g/mol. The van der Waals surface area contributed by atoms with E-state index in [9.17, 15) is 4.79 Å². The SMILES string of the molecule is COc1ccc(C(C)(C)C)c(=O)[nH]1. The average Bonchev–Trinajstić information content (AvgIpc) is 2.01. The quantitative estimate of drug-likeness (QED) is 0.716. The van der Waals surface area contributed by atoms with Gasteiger partial charge in [-0.15, -0.1) is 0 Å². The van der Waals surface area contributed by atoms with E-state index in [1.54, 1.807) is 12.1 Å². The maximum absolute atomic E-state index is 11.5. The van der Waals surface area contributed by atoms with Crippen LogP contribution in [-0.2, 0) is 5.41 Å². The zero-order chi connectivity index (χ0) is 10.1. The van der Waals surface area contributed by atoms with Crippen molar-refractivity contribution in [2.75, 3.05) is 7.11 Å². The minimum Gasteiger partial charge on any atom is -0.482 e. The normalized spacial score (nSPS) is 11.4. The predicted molar refractivity (Wildman–Crippen MR) is 52.3 cm³/mol. The molecule has 0 amide bonds. The number of ether oxygens (including phenoxy) is 1. The molecule has 1 aromatic rings. The van der Waals surface area contributed by atoms with Crippen LogP contribution in [0.1, 0.15) is 26.3 Å². The van der Waals surface area contributed by atoms with Gasteiger partial charge in [0.25, 0.3) is 5.56 Å². The van der Waals surface area contributed by atoms with E-state index in [2.05, 4.69) is 4.98 Å². The van der Waals surface area contributed by atoms with Crippen molar-refractivity contribution in [1.29, 1.82) is 0 Å². The second-order valence-electron chi connectivity index (χ2n) is 4.02. The summed E-state index contributed by atoms with van der Waals surface area (Å²) in [4.78, 5) is 14.2. The topological polar surface area (TPSA) is 42.1 Å². The lowest BCUT2D eigenvalue weighted by atomic mass is 9.88. The monoisotopic (exact) mass is 181 g/mol. The van der Waals surface area contributed by atoms with Crippen LogP contribution in [0.25, 0.3) is 0 Å². The Balaban J connectivity index is 3.21. The summed E-state index contributed by atoms with van der Waals surface area (Å²) in [5.41, 5.74) is 0.569. The Hall–Kier alpha value is -1.25. The van der Waals surface area contributed by atoms with Gasteiger partial charge in [-0.2, -0.15) is 0 Å². The highest BCUT2D eigenvalue weighted by atomic mass is 16.5. The lowest BCUT2D eigenvalue weighted by molar-refractivity contribution is 0.395. The van der Waals surface area contributed by atoms with Gasteiger partial charge in [0.2, 0.25) is 0 Å². The fourth-order valence-corrected chi connectivity index (χ4v) is 1.17. The Kier molecular flexibility index (Phi) is 2.45. The molecule has 0 saturated carbocycles. The van der Waals surface area contributed by atoms with Crippen molar-refractivity contribution in [3.63, 3.8) is 0 Å². The third-order valence-corrected chi connectivity index (χ3v) is 1.91. The summed E-state index contributed by atoms with van der Waals surface area (Å²) in [6.07, 6.45) is 0. The number of pyridine rings is 1. The smallest absolute Gasteiger partial charge is 0.254 e. The minimum atomic E-state index is -0.125. The van der Waals surface area contributed by atoms with Gasteiger partial charge in [0.05, 0.1) is 7.11 Å². The summed E-state index contributed by atoms with van der Waals surface area (Å²) in [5.74, 6) is 0.498. The van der Waals surface area contributed by atoms with Crippen molar-refractivity contribution in [2.45, 2.75) is 26.2 Å². The van der Waals surface area contributed by atoms with Gasteiger partial charge in [-0.05, 0) is 17.5 Å². The van der Waals surface area contributed by atoms with E-state index in [1.807, 2.05) is 20.8 Å². The van der Waals surface area contributed by atoms with E-state index in [-0.39, 0.29) is 11.0 Å². The number of hydrogen-bond acceptors (Lipinski definition) is 2. The molecule has 0 saturated heterocycles. The molecule has 1 aromatic heterocycles. The highest BCUT2D eigenvalue weighted by Gasteiger charge is 2.17. The summed E-state index contributed by atoms with van der Waals surface area (Å²) in [7, 11) is 1.53. The van der Waals surface area contributed by atoms with Crippen molar-refractivity contribution in [1.82, 2.24) is 4.98 Å². The molecule has 0 aliphatic carbocycles. The predicted octanol–water partition coefficient (Wildman–Crippen LogP) is 1.68. The molecule has 1 N–H and O–H groups in total. The number of aromatic nitrogens is 1. The first-order valence-electron chi connectivity index (χ1n) is 4.23. The van der Waals surface area contributed by atoms with Crippen LogP contribution in [0.5, 0.6) is 5.88 Å². The molecule has 72 valence electrons. The van der Waals surface area contributed by atoms with Gasteiger partial charge in [-0.1, -0.05) is 20.8 Å². The van der Waals surface area contributed by atoms with Gasteiger partial charge < -0.3 is 4.74 Å². The highest BCUT2D eigenvalue weighted by molar-refractivity contribution is 5.23. The molecule has 0 aliphatic heterocycles. The molecular formula is C10H15NO2. The van der Waals surface area contributed by atoms with Crippen LogP contribution in [-0.4, -0.2) is 12.1 Å². The van der Waals surface area contributed by atoms with Crippen molar-refractivity contribution in [3.05, 3.63) is 28.0 Å². The Labute approximate surface area is 77.8 Å². The summed E-state index contributed by atoms with van der Waals surface area (Å²) >= 11 is 0. The molecule has 0 aromatic carbocycles. The summed E-state index contributed by atoms with van der Waals surface area (Å²) in [6.45, 7) is 6.01. The van der Waals surface area contributed by atoms with Gasteiger partial charge in [-0.25, -0.2) is 0 Å². The first-order chi connectivity index (χ1) is 5.95. The van der Waals surface area contributed by atoms with Crippen LogP contribution in [0.3, 0.4) is 0 Å². The van der Waals surface area contributed by atoms with Gasteiger partial charge >= 0.3 is 0 Å². The lowest BCUT2D eigenvalue weighted by Crippen LogP contribution is -2.24. The Bertz CT molecular complexity index is 347. The third-order valence-electron chi connectivity index (χ3n) is 1.91. The second-order valence-corrected chi connectivity index (χ2v) is 4.02. The van der Waals surface area contributed by atoms with Gasteiger partial charge in [0.15, 0.2) is 5.88 Å². The summed E-state index contributed by atoms with van der Waals surface area (Å²) in [6, 6.07) is 3.57. The number of H-pyrrole nitrogens is 1. The molecule has 0 aliphatic rings. The zero-order valence-corrected chi connectivity index (χ0v) is 8.47. The summed E-state index contributed by atoms with van der Waals surface area (Å²) < 4.78 is 4.91. The number of aromatic amines is 1. The molecule has 0 spiro atoms. The molecule has 3 nitrogen and oxygen atoms in total. The van der Waals surface area contributed by atoms with E-state index in [0.717, 1.165) is 5.56 Å². The maximum Gasteiger partial charge on any atom is 0.254 e. The fraction of sp³-hybridized carbons (Fsp3) is 0.500. The van der Waals surface area contributed by atoms with Crippen molar-refractivity contribution in [3.8, 4) is 5.88 Å². The van der Waals surface area contributed by atoms with Crippen molar-refractivity contribution >= 4 is 0 Å². The zero-order valence-electron chi connectivity index (χ0n) is 8.47. The Morgan fingerprint density at radius 3 is 2.31 bits per heavy atom. The molecule has 0 radical (unpaired) electrons. The minimum absolute atomic E-state index is 0.0770. The molecule has 0 fully saturated rings. The van der Waals surface area contributed by atoms with E-state index in [4.69, 9.17) is 4.74 Å². The largest absolute Gasteiger partial charge is 0.482 e. The molecule has 3 heteroatoms. The highest BCUT2D eigenvalue weighted by Crippen LogP contribution is 2.18. The van der Waals surface area contributed by atoms with Crippen molar-refractivity contribution in [2.24, 2.45) is 0 Å². The fourth-order valence-electron chi connectivity index (χ4n) is 1.17. The number of nitrogens with one attached hydrogen (secondary N) is 1. The number of methoxy groups -OCH3 is 1. The van der Waals surface area contributed by atoms with Crippen LogP contribution in [0, 0.1) is 0 Å². The standard InChI is InChI=1S/C10H15NO2/c1-10(2,3)7-5-6-8(13-4)11-9(7)12/h5-6H,1-4H3,(H,11,12). The molecule has 0 atom stereocenters. The molecule has 0 bridgehead atoms. The van der Waals surface area contributed by atoms with E-state index < -0.39 is 0 Å².